The zero-order valence-corrected chi connectivity index (χ0v) is 14.6. The van der Waals surface area contributed by atoms with Gasteiger partial charge in [-0.05, 0) is 43.7 Å². The molecule has 1 amide bonds. The van der Waals surface area contributed by atoms with Crippen LogP contribution in [-0.2, 0) is 20.9 Å². The lowest BCUT2D eigenvalue weighted by Crippen LogP contribution is -2.57. The van der Waals surface area contributed by atoms with Crippen LogP contribution in [0.3, 0.4) is 0 Å². The standard InChI is InChI=1S/C19H26N2O4/c1-24-17(22)19-9-7-16(11-15(19)8-10-20-13-19)21-18(23)25-12-14-5-3-2-4-6-14/h2-6,15-16,20H,7-13H2,1H3,(H,21,23)/t15-,16?,19-/m0/s1. The summed E-state index contributed by atoms with van der Waals surface area (Å²) >= 11 is 0. The van der Waals surface area contributed by atoms with Crippen LogP contribution in [0.25, 0.3) is 0 Å². The fourth-order valence-corrected chi connectivity index (χ4v) is 4.14. The van der Waals surface area contributed by atoms with Crippen LogP contribution >= 0.6 is 0 Å². The number of hydrogen-bond acceptors (Lipinski definition) is 5. The lowest BCUT2D eigenvalue weighted by molar-refractivity contribution is -0.161. The first-order chi connectivity index (χ1) is 12.1. The molecule has 2 N–H and O–H groups in total. The van der Waals surface area contributed by atoms with Crippen molar-refractivity contribution in [3.63, 3.8) is 0 Å². The van der Waals surface area contributed by atoms with Gasteiger partial charge in [0, 0.05) is 12.6 Å². The van der Waals surface area contributed by atoms with Gasteiger partial charge in [0.2, 0.25) is 0 Å². The van der Waals surface area contributed by atoms with Crippen molar-refractivity contribution in [3.8, 4) is 0 Å². The van der Waals surface area contributed by atoms with E-state index in [1.165, 1.54) is 7.11 Å². The number of rotatable bonds is 4. The monoisotopic (exact) mass is 346 g/mol. The summed E-state index contributed by atoms with van der Waals surface area (Å²) in [6.07, 6.45) is 2.80. The smallest absolute Gasteiger partial charge is 0.407 e. The second-order valence-corrected chi connectivity index (χ2v) is 6.99. The zero-order chi connectivity index (χ0) is 17.7. The van der Waals surface area contributed by atoms with Crippen LogP contribution in [-0.4, -0.2) is 38.3 Å². The van der Waals surface area contributed by atoms with E-state index in [4.69, 9.17) is 9.47 Å². The number of nitrogens with one attached hydrogen (secondary N) is 2. The summed E-state index contributed by atoms with van der Waals surface area (Å²) in [4.78, 5) is 24.4. The molecule has 3 atom stereocenters. The molecular weight excluding hydrogens is 320 g/mol. The second kappa shape index (κ2) is 7.87. The third-order valence-electron chi connectivity index (χ3n) is 5.53. The molecule has 2 fully saturated rings. The van der Waals surface area contributed by atoms with Crippen LogP contribution in [0.5, 0.6) is 0 Å². The van der Waals surface area contributed by atoms with Crippen LogP contribution in [0.2, 0.25) is 0 Å². The number of amides is 1. The molecule has 3 rings (SSSR count). The van der Waals surface area contributed by atoms with Crippen molar-refractivity contribution in [2.75, 3.05) is 20.2 Å². The Morgan fingerprint density at radius 1 is 1.28 bits per heavy atom. The Kier molecular flexibility index (Phi) is 5.58. The molecule has 0 aromatic heterocycles. The molecule has 1 aliphatic heterocycles. The topological polar surface area (TPSA) is 76.7 Å². The number of carbonyl (C=O) groups is 2. The highest BCUT2D eigenvalue weighted by Gasteiger charge is 2.51. The lowest BCUT2D eigenvalue weighted by atomic mass is 9.62. The Bertz CT molecular complexity index is 607. The molecule has 1 aromatic rings. The van der Waals surface area contributed by atoms with E-state index in [9.17, 15) is 9.59 Å². The van der Waals surface area contributed by atoms with E-state index in [1.54, 1.807) is 0 Å². The summed E-state index contributed by atoms with van der Waals surface area (Å²) in [5.41, 5.74) is 0.517. The van der Waals surface area contributed by atoms with Crippen molar-refractivity contribution < 1.29 is 19.1 Å². The lowest BCUT2D eigenvalue weighted by Gasteiger charge is -2.47. The molecule has 25 heavy (non-hydrogen) atoms. The molecule has 0 spiro atoms. The molecular formula is C19H26N2O4. The van der Waals surface area contributed by atoms with Gasteiger partial charge in [-0.15, -0.1) is 0 Å². The minimum atomic E-state index is -0.445. The quantitative estimate of drug-likeness (QED) is 0.818. The summed E-state index contributed by atoms with van der Waals surface area (Å²) in [7, 11) is 1.45. The van der Waals surface area contributed by atoms with Gasteiger partial charge >= 0.3 is 12.1 Å². The minimum absolute atomic E-state index is 0.0455. The van der Waals surface area contributed by atoms with E-state index in [-0.39, 0.29) is 24.5 Å². The van der Waals surface area contributed by atoms with Crippen molar-refractivity contribution in [1.82, 2.24) is 10.6 Å². The van der Waals surface area contributed by atoms with Crippen molar-refractivity contribution >= 4 is 12.1 Å². The SMILES string of the molecule is COC(=O)[C@]12CCC(NC(=O)OCc3ccccc3)C[C@@H]1CCNC2. The molecule has 0 bridgehead atoms. The molecule has 6 heteroatoms. The average Bonchev–Trinajstić information content (AvgIpc) is 2.66. The summed E-state index contributed by atoms with van der Waals surface area (Å²) in [6.45, 7) is 1.82. The van der Waals surface area contributed by atoms with Gasteiger partial charge in [0.25, 0.3) is 0 Å². The predicted molar refractivity (Wildman–Crippen MR) is 92.8 cm³/mol. The number of hydrogen-bond donors (Lipinski definition) is 2. The fraction of sp³-hybridized carbons (Fsp3) is 0.579. The molecule has 1 unspecified atom stereocenters. The van der Waals surface area contributed by atoms with Gasteiger partial charge in [0.05, 0.1) is 12.5 Å². The molecule has 1 saturated carbocycles. The molecule has 0 radical (unpaired) electrons. The average molecular weight is 346 g/mol. The van der Waals surface area contributed by atoms with Gasteiger partial charge in [-0.2, -0.15) is 0 Å². The van der Waals surface area contributed by atoms with Crippen molar-refractivity contribution in [3.05, 3.63) is 35.9 Å². The summed E-state index contributed by atoms with van der Waals surface area (Å²) in [5, 5.41) is 6.28. The number of piperidine rings is 1. The Balaban J connectivity index is 1.53. The first kappa shape index (κ1) is 17.7. The van der Waals surface area contributed by atoms with Gasteiger partial charge < -0.3 is 20.1 Å². The molecule has 6 nitrogen and oxygen atoms in total. The van der Waals surface area contributed by atoms with Gasteiger partial charge in [-0.1, -0.05) is 30.3 Å². The first-order valence-corrected chi connectivity index (χ1v) is 8.90. The van der Waals surface area contributed by atoms with Gasteiger partial charge in [0.15, 0.2) is 0 Å². The first-order valence-electron chi connectivity index (χ1n) is 8.90. The maximum absolute atomic E-state index is 12.3. The van der Waals surface area contributed by atoms with Crippen LogP contribution in [0.1, 0.15) is 31.2 Å². The molecule has 1 saturated heterocycles. The van der Waals surface area contributed by atoms with E-state index in [2.05, 4.69) is 10.6 Å². The zero-order valence-electron chi connectivity index (χ0n) is 14.6. The fourth-order valence-electron chi connectivity index (χ4n) is 4.14. The Labute approximate surface area is 148 Å². The summed E-state index contributed by atoms with van der Waals surface area (Å²) in [6, 6.07) is 9.66. The number of esters is 1. The summed E-state index contributed by atoms with van der Waals surface area (Å²) < 4.78 is 10.4. The Hall–Kier alpha value is -2.08. The third-order valence-corrected chi connectivity index (χ3v) is 5.53. The number of fused-ring (bicyclic) bond motifs is 1. The molecule has 136 valence electrons. The van der Waals surface area contributed by atoms with E-state index < -0.39 is 11.5 Å². The number of carbonyl (C=O) groups excluding carboxylic acids is 2. The predicted octanol–water partition coefficient (Wildman–Crippen LogP) is 2.23. The number of ether oxygens (including phenoxy) is 2. The highest BCUT2D eigenvalue weighted by atomic mass is 16.5. The largest absolute Gasteiger partial charge is 0.469 e. The summed E-state index contributed by atoms with van der Waals surface area (Å²) in [5.74, 6) is 0.101. The maximum Gasteiger partial charge on any atom is 0.407 e. The van der Waals surface area contributed by atoms with Crippen LogP contribution < -0.4 is 10.6 Å². The minimum Gasteiger partial charge on any atom is -0.469 e. The van der Waals surface area contributed by atoms with E-state index in [1.807, 2.05) is 30.3 Å². The van der Waals surface area contributed by atoms with Crippen molar-refractivity contribution in [1.29, 1.82) is 0 Å². The van der Waals surface area contributed by atoms with Crippen molar-refractivity contribution in [2.45, 2.75) is 38.3 Å². The number of alkyl carbamates (subject to hydrolysis) is 1. The molecule has 1 heterocycles. The van der Waals surface area contributed by atoms with Crippen LogP contribution in [0, 0.1) is 11.3 Å². The number of benzene rings is 1. The van der Waals surface area contributed by atoms with E-state index >= 15 is 0 Å². The number of methoxy groups -OCH3 is 1. The van der Waals surface area contributed by atoms with Crippen LogP contribution in [0.4, 0.5) is 4.79 Å². The van der Waals surface area contributed by atoms with Gasteiger partial charge in [-0.3, -0.25) is 4.79 Å². The molecule has 1 aliphatic carbocycles. The van der Waals surface area contributed by atoms with Crippen LogP contribution in [0.15, 0.2) is 30.3 Å². The third kappa shape index (κ3) is 3.95. The van der Waals surface area contributed by atoms with E-state index in [0.717, 1.165) is 37.8 Å². The second-order valence-electron chi connectivity index (χ2n) is 6.99. The highest BCUT2D eigenvalue weighted by molar-refractivity contribution is 5.78. The maximum atomic E-state index is 12.3. The Morgan fingerprint density at radius 2 is 2.08 bits per heavy atom. The highest BCUT2D eigenvalue weighted by Crippen LogP contribution is 2.45. The van der Waals surface area contributed by atoms with Crippen molar-refractivity contribution in [2.24, 2.45) is 11.3 Å². The van der Waals surface area contributed by atoms with Gasteiger partial charge in [-0.25, -0.2) is 4.79 Å². The Morgan fingerprint density at radius 3 is 2.84 bits per heavy atom. The molecule has 1 aromatic carbocycles. The normalized spacial score (nSPS) is 28.5. The van der Waals surface area contributed by atoms with Gasteiger partial charge in [0.1, 0.15) is 6.61 Å². The molecule has 2 aliphatic rings. The van der Waals surface area contributed by atoms with E-state index in [0.29, 0.717) is 6.54 Å².